The number of carbonyl (C=O) groups excluding carboxylic acids is 1. The second-order valence-corrected chi connectivity index (χ2v) is 3.26. The van der Waals surface area contributed by atoms with Crippen LogP contribution in [0.2, 0.25) is 0 Å². The molecule has 1 heterocycles. The van der Waals surface area contributed by atoms with Gasteiger partial charge in [-0.2, -0.15) is 0 Å². The smallest absolute Gasteiger partial charge is 0.252 e. The minimum atomic E-state index is -0.159. The van der Waals surface area contributed by atoms with Crippen LogP contribution < -0.4 is 10.1 Å². The Morgan fingerprint density at radius 3 is 2.93 bits per heavy atom. The van der Waals surface area contributed by atoms with Crippen molar-refractivity contribution in [3.05, 3.63) is 22.8 Å². The Kier molecular flexibility index (Phi) is 1.84. The lowest BCUT2D eigenvalue weighted by molar-refractivity contribution is 0.0965. The van der Waals surface area contributed by atoms with Gasteiger partial charge in [-0.15, -0.1) is 0 Å². The van der Waals surface area contributed by atoms with Crippen molar-refractivity contribution < 1.29 is 14.6 Å². The van der Waals surface area contributed by atoms with Crippen LogP contribution in [0.5, 0.6) is 11.5 Å². The van der Waals surface area contributed by atoms with Crippen LogP contribution in [-0.2, 0) is 6.54 Å². The van der Waals surface area contributed by atoms with Crippen LogP contribution in [0.4, 0.5) is 0 Å². The third-order valence-corrected chi connectivity index (χ3v) is 2.48. The van der Waals surface area contributed by atoms with Gasteiger partial charge in [0, 0.05) is 17.7 Å². The molecule has 2 rings (SSSR count). The number of hydrogen-bond acceptors (Lipinski definition) is 3. The minimum Gasteiger partial charge on any atom is -0.508 e. The summed E-state index contributed by atoms with van der Waals surface area (Å²) >= 11 is 0. The second-order valence-electron chi connectivity index (χ2n) is 3.26. The Bertz CT molecular complexity index is 412. The summed E-state index contributed by atoms with van der Waals surface area (Å²) in [6, 6.07) is 1.48. The second kappa shape index (κ2) is 2.90. The molecule has 4 heteroatoms. The molecular formula is C10H11NO3. The van der Waals surface area contributed by atoms with Gasteiger partial charge in [0.1, 0.15) is 11.5 Å². The van der Waals surface area contributed by atoms with Gasteiger partial charge in [0.05, 0.1) is 12.7 Å². The molecule has 2 N–H and O–H groups in total. The quantitative estimate of drug-likeness (QED) is 0.698. The Morgan fingerprint density at radius 1 is 1.57 bits per heavy atom. The third-order valence-electron chi connectivity index (χ3n) is 2.48. The van der Waals surface area contributed by atoms with E-state index in [1.54, 1.807) is 6.92 Å². The van der Waals surface area contributed by atoms with Gasteiger partial charge >= 0.3 is 0 Å². The topological polar surface area (TPSA) is 58.6 Å². The van der Waals surface area contributed by atoms with Crippen LogP contribution in [0, 0.1) is 6.92 Å². The number of phenols is 1. The predicted molar refractivity (Wildman–Crippen MR) is 50.6 cm³/mol. The van der Waals surface area contributed by atoms with E-state index in [9.17, 15) is 9.90 Å². The zero-order valence-corrected chi connectivity index (χ0v) is 8.05. The lowest BCUT2D eigenvalue weighted by atomic mass is 10.0. The molecule has 1 amide bonds. The molecule has 1 aliphatic heterocycles. The van der Waals surface area contributed by atoms with E-state index in [-0.39, 0.29) is 11.7 Å². The Morgan fingerprint density at radius 2 is 2.29 bits per heavy atom. The average molecular weight is 193 g/mol. The highest BCUT2D eigenvalue weighted by atomic mass is 16.5. The lowest BCUT2D eigenvalue weighted by Gasteiger charge is -2.10. The number of hydrogen-bond donors (Lipinski definition) is 2. The summed E-state index contributed by atoms with van der Waals surface area (Å²) in [6.07, 6.45) is 0. The normalized spacial score (nSPS) is 13.7. The number of nitrogens with one attached hydrogen (secondary N) is 1. The molecule has 14 heavy (non-hydrogen) atoms. The van der Waals surface area contributed by atoms with Gasteiger partial charge in [-0.25, -0.2) is 0 Å². The highest BCUT2D eigenvalue weighted by molar-refractivity contribution is 5.99. The lowest BCUT2D eigenvalue weighted by Crippen LogP contribution is -2.12. The predicted octanol–water partition coefficient (Wildman–Crippen LogP) is 0.953. The van der Waals surface area contributed by atoms with Gasteiger partial charge in [-0.3, -0.25) is 4.79 Å². The van der Waals surface area contributed by atoms with Crippen molar-refractivity contribution in [3.8, 4) is 11.5 Å². The molecule has 0 fully saturated rings. The van der Waals surface area contributed by atoms with E-state index in [1.807, 2.05) is 0 Å². The maximum Gasteiger partial charge on any atom is 0.252 e. The Balaban J connectivity index is 2.71. The van der Waals surface area contributed by atoms with Gasteiger partial charge in [-0.1, -0.05) is 0 Å². The number of phenolic OH excluding ortho intramolecular Hbond substituents is 1. The van der Waals surface area contributed by atoms with Gasteiger partial charge < -0.3 is 15.2 Å². The molecule has 0 saturated heterocycles. The first-order valence-electron chi connectivity index (χ1n) is 4.32. The summed E-state index contributed by atoms with van der Waals surface area (Å²) in [5.41, 5.74) is 2.00. The van der Waals surface area contributed by atoms with Crippen LogP contribution >= 0.6 is 0 Å². The minimum absolute atomic E-state index is 0.0950. The fourth-order valence-corrected chi connectivity index (χ4v) is 1.72. The monoisotopic (exact) mass is 193 g/mol. The summed E-state index contributed by atoms with van der Waals surface area (Å²) in [5.74, 6) is 0.532. The maximum atomic E-state index is 11.3. The molecular weight excluding hydrogens is 182 g/mol. The van der Waals surface area contributed by atoms with Crippen LogP contribution in [0.1, 0.15) is 21.5 Å². The fourth-order valence-electron chi connectivity index (χ4n) is 1.72. The first-order valence-corrected chi connectivity index (χ1v) is 4.32. The number of ether oxygens (including phenoxy) is 1. The van der Waals surface area contributed by atoms with Gasteiger partial charge in [0.15, 0.2) is 0 Å². The van der Waals surface area contributed by atoms with Crippen molar-refractivity contribution >= 4 is 5.91 Å². The zero-order chi connectivity index (χ0) is 10.3. The number of fused-ring (bicyclic) bond motifs is 1. The molecule has 1 aliphatic rings. The van der Waals surface area contributed by atoms with Crippen molar-refractivity contribution in [3.63, 3.8) is 0 Å². The van der Waals surface area contributed by atoms with Crippen molar-refractivity contribution in [2.45, 2.75) is 13.5 Å². The Hall–Kier alpha value is -1.71. The number of amides is 1. The number of methoxy groups -OCH3 is 1. The molecule has 0 spiro atoms. The van der Waals surface area contributed by atoms with Crippen LogP contribution in [-0.4, -0.2) is 18.1 Å². The van der Waals surface area contributed by atoms with E-state index < -0.39 is 0 Å². The van der Waals surface area contributed by atoms with Crippen molar-refractivity contribution in [1.29, 1.82) is 0 Å². The van der Waals surface area contributed by atoms with Gasteiger partial charge in [0.2, 0.25) is 0 Å². The first-order chi connectivity index (χ1) is 6.65. The van der Waals surface area contributed by atoms with Crippen LogP contribution in [0.25, 0.3) is 0 Å². The fraction of sp³-hybridized carbons (Fsp3) is 0.300. The third kappa shape index (κ3) is 1.04. The largest absolute Gasteiger partial charge is 0.508 e. The van der Waals surface area contributed by atoms with E-state index in [4.69, 9.17) is 4.74 Å². The molecule has 0 radical (unpaired) electrons. The molecule has 0 aromatic heterocycles. The highest BCUT2D eigenvalue weighted by Gasteiger charge is 2.25. The molecule has 0 atom stereocenters. The van der Waals surface area contributed by atoms with E-state index in [1.165, 1.54) is 13.2 Å². The van der Waals surface area contributed by atoms with Crippen molar-refractivity contribution in [2.24, 2.45) is 0 Å². The number of benzene rings is 1. The van der Waals surface area contributed by atoms with Crippen molar-refractivity contribution in [1.82, 2.24) is 5.32 Å². The van der Waals surface area contributed by atoms with E-state index >= 15 is 0 Å². The summed E-state index contributed by atoms with van der Waals surface area (Å²) in [4.78, 5) is 11.3. The molecule has 0 unspecified atom stereocenters. The highest BCUT2D eigenvalue weighted by Crippen LogP contribution is 2.35. The van der Waals surface area contributed by atoms with Crippen molar-refractivity contribution in [2.75, 3.05) is 7.11 Å². The van der Waals surface area contributed by atoms with E-state index in [0.29, 0.717) is 23.4 Å². The van der Waals surface area contributed by atoms with E-state index in [2.05, 4.69) is 5.32 Å². The molecule has 0 aliphatic carbocycles. The number of aromatic hydroxyl groups is 1. The maximum absolute atomic E-state index is 11.3. The van der Waals surface area contributed by atoms with Crippen LogP contribution in [0.15, 0.2) is 6.07 Å². The SMILES string of the molecule is COc1c(C)c(O)cc2c1CNC2=O. The summed E-state index contributed by atoms with van der Waals surface area (Å²) in [6.45, 7) is 2.23. The van der Waals surface area contributed by atoms with Gasteiger partial charge in [-0.05, 0) is 13.0 Å². The summed E-state index contributed by atoms with van der Waals surface area (Å²) < 4.78 is 5.16. The standard InChI is InChI=1S/C10H11NO3/c1-5-8(12)3-6-7(9(5)14-2)4-11-10(6)13/h3,12H,4H2,1-2H3,(H,11,13). The molecule has 0 bridgehead atoms. The molecule has 0 saturated carbocycles. The summed E-state index contributed by atoms with van der Waals surface area (Å²) in [7, 11) is 1.53. The zero-order valence-electron chi connectivity index (χ0n) is 8.05. The molecule has 74 valence electrons. The average Bonchev–Trinajstić information content (AvgIpc) is 2.51. The number of carbonyl (C=O) groups is 1. The molecule has 1 aromatic rings. The van der Waals surface area contributed by atoms with E-state index in [0.717, 1.165) is 5.56 Å². The molecule has 1 aromatic carbocycles. The van der Waals surface area contributed by atoms with Gasteiger partial charge in [0.25, 0.3) is 5.91 Å². The number of rotatable bonds is 1. The Labute approximate surface area is 81.5 Å². The summed E-state index contributed by atoms with van der Waals surface area (Å²) in [5, 5.41) is 12.2. The van der Waals surface area contributed by atoms with Crippen LogP contribution in [0.3, 0.4) is 0 Å². The first kappa shape index (κ1) is 8.87. The molecule has 4 nitrogen and oxygen atoms in total.